The van der Waals surface area contributed by atoms with Crippen molar-refractivity contribution in [2.75, 3.05) is 6.26 Å². The van der Waals surface area contributed by atoms with Crippen molar-refractivity contribution in [2.24, 2.45) is 0 Å². The molecule has 0 atom stereocenters. The van der Waals surface area contributed by atoms with Crippen molar-refractivity contribution in [3.8, 4) is 11.5 Å². The highest BCUT2D eigenvalue weighted by atomic mass is 35.5. The highest BCUT2D eigenvalue weighted by Gasteiger charge is 2.18. The molecule has 0 spiro atoms. The van der Waals surface area contributed by atoms with E-state index in [0.29, 0.717) is 37.8 Å². The number of carbonyl (C=O) groups excluding carboxylic acids is 2. The lowest BCUT2D eigenvalue weighted by Crippen LogP contribution is -2.10. The fourth-order valence-electron chi connectivity index (χ4n) is 1.99. The van der Waals surface area contributed by atoms with Gasteiger partial charge < -0.3 is 9.47 Å². The maximum atomic E-state index is 11.9. The van der Waals surface area contributed by atoms with Gasteiger partial charge >= 0.3 is 11.9 Å². The summed E-state index contributed by atoms with van der Waals surface area (Å²) >= 11 is 7.42. The Morgan fingerprint density at radius 2 is 1.83 bits per heavy atom. The molecule has 0 aromatic heterocycles. The second-order valence-corrected chi connectivity index (χ2v) is 6.14. The van der Waals surface area contributed by atoms with Gasteiger partial charge in [-0.25, -0.2) is 4.79 Å². The number of thioether (sulfide) groups is 1. The highest BCUT2D eigenvalue weighted by molar-refractivity contribution is 7.98. The van der Waals surface area contributed by atoms with E-state index in [1.165, 1.54) is 18.7 Å². The zero-order valence-corrected chi connectivity index (χ0v) is 14.5. The van der Waals surface area contributed by atoms with E-state index in [1.54, 1.807) is 31.2 Å². The molecule has 0 amide bonds. The number of carbonyl (C=O) groups is 2. The van der Waals surface area contributed by atoms with Crippen LogP contribution >= 0.6 is 23.4 Å². The van der Waals surface area contributed by atoms with Gasteiger partial charge in [-0.2, -0.15) is 0 Å². The topological polar surface area (TPSA) is 52.6 Å². The Kier molecular flexibility index (Phi) is 5.34. The summed E-state index contributed by atoms with van der Waals surface area (Å²) in [6.45, 7) is 6.49. The Morgan fingerprint density at radius 1 is 1.13 bits per heavy atom. The number of hydrogen-bond donors (Lipinski definition) is 0. The standard InChI is InChI=1S/C17H15ClO4S/c1-9(2)17(20)22-16-12-6-5-11(18)7-13(12)14(21-10(3)19)8-15(16)23-4/h5-8H,1H2,2-4H3. The Morgan fingerprint density at radius 3 is 2.39 bits per heavy atom. The molecule has 2 aromatic carbocycles. The van der Waals surface area contributed by atoms with E-state index in [4.69, 9.17) is 21.1 Å². The molecule has 6 heteroatoms. The molecule has 0 aliphatic carbocycles. The van der Waals surface area contributed by atoms with Gasteiger partial charge in [-0.15, -0.1) is 11.8 Å². The zero-order valence-electron chi connectivity index (χ0n) is 12.9. The van der Waals surface area contributed by atoms with Gasteiger partial charge in [-0.3, -0.25) is 4.79 Å². The van der Waals surface area contributed by atoms with Gasteiger partial charge in [0.05, 0.1) is 4.90 Å². The van der Waals surface area contributed by atoms with Gasteiger partial charge in [0.15, 0.2) is 5.75 Å². The Hall–Kier alpha value is -1.98. The molecular weight excluding hydrogens is 336 g/mol. The van der Waals surface area contributed by atoms with Crippen LogP contribution in [0.4, 0.5) is 0 Å². The van der Waals surface area contributed by atoms with Crippen molar-refractivity contribution in [1.29, 1.82) is 0 Å². The maximum absolute atomic E-state index is 11.9. The Labute approximate surface area is 143 Å². The molecule has 0 heterocycles. The fourth-order valence-corrected chi connectivity index (χ4v) is 2.72. The van der Waals surface area contributed by atoms with Gasteiger partial charge in [0.2, 0.25) is 0 Å². The number of halogens is 1. The quantitative estimate of drug-likeness (QED) is 0.348. The normalized spacial score (nSPS) is 10.4. The molecule has 4 nitrogen and oxygen atoms in total. The summed E-state index contributed by atoms with van der Waals surface area (Å²) in [4.78, 5) is 23.9. The molecule has 2 aromatic rings. The molecule has 0 aliphatic rings. The van der Waals surface area contributed by atoms with Crippen LogP contribution in [0.5, 0.6) is 11.5 Å². The number of benzene rings is 2. The molecule has 0 N–H and O–H groups in total. The van der Waals surface area contributed by atoms with Crippen molar-refractivity contribution < 1.29 is 19.1 Å². The molecule has 0 fully saturated rings. The maximum Gasteiger partial charge on any atom is 0.338 e. The van der Waals surface area contributed by atoms with Crippen LogP contribution in [0.15, 0.2) is 41.3 Å². The van der Waals surface area contributed by atoms with Crippen LogP contribution in [0.25, 0.3) is 10.8 Å². The van der Waals surface area contributed by atoms with Crippen molar-refractivity contribution >= 4 is 46.1 Å². The molecule has 0 saturated heterocycles. The minimum absolute atomic E-state index is 0.295. The van der Waals surface area contributed by atoms with Crippen LogP contribution in [0.3, 0.4) is 0 Å². The molecule has 2 rings (SSSR count). The van der Waals surface area contributed by atoms with Crippen molar-refractivity contribution in [3.63, 3.8) is 0 Å². The second kappa shape index (κ2) is 7.06. The lowest BCUT2D eigenvalue weighted by molar-refractivity contribution is -0.132. The van der Waals surface area contributed by atoms with Gasteiger partial charge in [0.1, 0.15) is 5.75 Å². The van der Waals surface area contributed by atoms with Crippen LogP contribution in [-0.4, -0.2) is 18.2 Å². The minimum Gasteiger partial charge on any atom is -0.426 e. The summed E-state index contributed by atoms with van der Waals surface area (Å²) in [5.41, 5.74) is 0.295. The number of fused-ring (bicyclic) bond motifs is 1. The molecule has 23 heavy (non-hydrogen) atoms. The van der Waals surface area contributed by atoms with Crippen LogP contribution in [0.1, 0.15) is 13.8 Å². The fraction of sp³-hybridized carbons (Fsp3) is 0.176. The number of rotatable bonds is 4. The summed E-state index contributed by atoms with van der Waals surface area (Å²) in [5.74, 6) is -0.190. The first kappa shape index (κ1) is 17.4. The van der Waals surface area contributed by atoms with Gasteiger partial charge in [0, 0.05) is 28.3 Å². The predicted molar refractivity (Wildman–Crippen MR) is 92.5 cm³/mol. The van der Waals surface area contributed by atoms with Crippen molar-refractivity contribution in [3.05, 3.63) is 41.4 Å². The number of ether oxygens (including phenoxy) is 2. The van der Waals surface area contributed by atoms with Crippen LogP contribution in [-0.2, 0) is 9.59 Å². The molecule has 0 radical (unpaired) electrons. The Bertz CT molecular complexity index is 814. The first-order valence-electron chi connectivity index (χ1n) is 6.70. The van der Waals surface area contributed by atoms with E-state index in [0.717, 1.165) is 0 Å². The van der Waals surface area contributed by atoms with E-state index < -0.39 is 11.9 Å². The van der Waals surface area contributed by atoms with E-state index >= 15 is 0 Å². The summed E-state index contributed by atoms with van der Waals surface area (Å²) in [6, 6.07) is 6.73. The average molecular weight is 351 g/mol. The molecule has 0 aliphatic heterocycles. The van der Waals surface area contributed by atoms with Crippen molar-refractivity contribution in [1.82, 2.24) is 0 Å². The van der Waals surface area contributed by atoms with Gasteiger partial charge in [-0.05, 0) is 37.4 Å². The van der Waals surface area contributed by atoms with Crippen LogP contribution in [0.2, 0.25) is 5.02 Å². The second-order valence-electron chi connectivity index (χ2n) is 4.86. The van der Waals surface area contributed by atoms with Crippen LogP contribution in [0, 0.1) is 0 Å². The smallest absolute Gasteiger partial charge is 0.338 e. The third kappa shape index (κ3) is 3.86. The third-order valence-electron chi connectivity index (χ3n) is 2.99. The van der Waals surface area contributed by atoms with Gasteiger partial charge in [0.25, 0.3) is 0 Å². The SMILES string of the molecule is C=C(C)C(=O)Oc1c(SC)cc(OC(C)=O)c2cc(Cl)ccc12. The molecule has 0 bridgehead atoms. The Balaban J connectivity index is 2.73. The summed E-state index contributed by atoms with van der Waals surface area (Å²) in [7, 11) is 0. The third-order valence-corrected chi connectivity index (χ3v) is 3.97. The zero-order chi connectivity index (χ0) is 17.1. The summed E-state index contributed by atoms with van der Waals surface area (Å²) in [6.07, 6.45) is 1.84. The van der Waals surface area contributed by atoms with E-state index in [1.807, 2.05) is 6.26 Å². The van der Waals surface area contributed by atoms with Crippen LogP contribution < -0.4 is 9.47 Å². The van der Waals surface area contributed by atoms with Gasteiger partial charge in [-0.1, -0.05) is 18.2 Å². The molecule has 0 saturated carbocycles. The minimum atomic E-state index is -0.517. The number of esters is 2. The molecular formula is C17H15ClO4S. The lowest BCUT2D eigenvalue weighted by Gasteiger charge is -2.15. The largest absolute Gasteiger partial charge is 0.426 e. The first-order valence-corrected chi connectivity index (χ1v) is 8.30. The summed E-state index contributed by atoms with van der Waals surface area (Å²) < 4.78 is 10.7. The van der Waals surface area contributed by atoms with E-state index in [-0.39, 0.29) is 0 Å². The monoisotopic (exact) mass is 350 g/mol. The number of hydrogen-bond acceptors (Lipinski definition) is 5. The summed E-state index contributed by atoms with van der Waals surface area (Å²) in [5, 5.41) is 1.71. The average Bonchev–Trinajstić information content (AvgIpc) is 2.48. The lowest BCUT2D eigenvalue weighted by atomic mass is 10.1. The molecule has 120 valence electrons. The molecule has 0 unspecified atom stereocenters. The first-order chi connectivity index (χ1) is 10.8. The highest BCUT2D eigenvalue weighted by Crippen LogP contribution is 2.42. The van der Waals surface area contributed by atoms with E-state index in [2.05, 4.69) is 6.58 Å². The predicted octanol–water partition coefficient (Wildman–Crippen LogP) is 4.62. The van der Waals surface area contributed by atoms with Crippen molar-refractivity contribution in [2.45, 2.75) is 18.7 Å². The van der Waals surface area contributed by atoms with E-state index in [9.17, 15) is 9.59 Å².